The quantitative estimate of drug-likeness (QED) is 0.289. The first-order valence-electron chi connectivity index (χ1n) is 16.5. The maximum Gasteiger partial charge on any atom is 0.240 e. The molecule has 14 heteroatoms. The largest absolute Gasteiger partial charge is 0.388 e. The second-order valence-electron chi connectivity index (χ2n) is 13.8. The number of carbonyl (C=O) groups is 1. The summed E-state index contributed by atoms with van der Waals surface area (Å²) >= 11 is 1.19. The lowest BCUT2D eigenvalue weighted by Crippen LogP contribution is -2.65. The van der Waals surface area contributed by atoms with Gasteiger partial charge in [0.25, 0.3) is 0 Å². The van der Waals surface area contributed by atoms with Crippen LogP contribution in [0.5, 0.6) is 0 Å². The summed E-state index contributed by atoms with van der Waals surface area (Å²) in [6.07, 6.45) is 3.15. The number of halogens is 2. The first kappa shape index (κ1) is 34.4. The average molecular weight is 678 g/mol. The Morgan fingerprint density at radius 1 is 1.19 bits per heavy atom. The van der Waals surface area contributed by atoms with Crippen molar-refractivity contribution in [2.75, 3.05) is 13.2 Å². The molecule has 5 N–H and O–H groups in total. The van der Waals surface area contributed by atoms with E-state index in [0.717, 1.165) is 31.4 Å². The Morgan fingerprint density at radius 2 is 2.00 bits per heavy atom. The number of benzene rings is 1. The van der Waals surface area contributed by atoms with Gasteiger partial charge in [0.1, 0.15) is 47.4 Å². The number of amides is 1. The fraction of sp³-hybridized carbons (Fsp3) is 0.667. The van der Waals surface area contributed by atoms with Crippen LogP contribution in [-0.2, 0) is 14.3 Å². The zero-order chi connectivity index (χ0) is 33.4. The molecular formula is C33H45F2N5O6S. The number of aliphatic hydroxyl groups is 3. The Morgan fingerprint density at radius 3 is 2.77 bits per heavy atom. The van der Waals surface area contributed by atoms with Gasteiger partial charge in [-0.05, 0) is 61.5 Å². The maximum absolute atomic E-state index is 14.4. The number of carbonyl (C=O) groups excluding carboxylic acids is 1. The van der Waals surface area contributed by atoms with Crippen LogP contribution < -0.4 is 10.6 Å². The van der Waals surface area contributed by atoms with E-state index in [9.17, 15) is 28.9 Å². The highest BCUT2D eigenvalue weighted by atomic mass is 32.2. The molecule has 6 rings (SSSR count). The van der Waals surface area contributed by atoms with E-state index in [1.807, 2.05) is 19.1 Å². The normalized spacial score (nSPS) is 38.4. The van der Waals surface area contributed by atoms with Gasteiger partial charge in [-0.1, -0.05) is 38.1 Å². The molecule has 2 aromatic rings. The molecule has 0 saturated carbocycles. The number of fused-ring (bicyclic) bond motifs is 3. The molecule has 11 nitrogen and oxygen atoms in total. The highest BCUT2D eigenvalue weighted by Gasteiger charge is 2.50. The summed E-state index contributed by atoms with van der Waals surface area (Å²) < 4.78 is 41.7. The summed E-state index contributed by atoms with van der Waals surface area (Å²) in [5.41, 5.74) is -0.514. The lowest BCUT2D eigenvalue weighted by atomic mass is 9.85. The van der Waals surface area contributed by atoms with Crippen LogP contribution >= 0.6 is 11.8 Å². The van der Waals surface area contributed by atoms with Gasteiger partial charge in [-0.2, -0.15) is 0 Å². The number of ether oxygens (including phenoxy) is 2. The summed E-state index contributed by atoms with van der Waals surface area (Å²) in [7, 11) is 0. The van der Waals surface area contributed by atoms with E-state index in [0.29, 0.717) is 37.1 Å². The Labute approximate surface area is 277 Å². The van der Waals surface area contributed by atoms with Crippen LogP contribution in [0.15, 0.2) is 36.5 Å². The van der Waals surface area contributed by atoms with Crippen LogP contribution in [0.4, 0.5) is 8.78 Å². The van der Waals surface area contributed by atoms with E-state index in [4.69, 9.17) is 9.47 Å². The summed E-state index contributed by atoms with van der Waals surface area (Å²) in [4.78, 5) is 13.9. The van der Waals surface area contributed by atoms with Gasteiger partial charge in [0.05, 0.1) is 29.3 Å². The minimum Gasteiger partial charge on any atom is -0.388 e. The number of thioether (sulfide) groups is 1. The van der Waals surface area contributed by atoms with Crippen molar-refractivity contribution >= 4 is 17.7 Å². The van der Waals surface area contributed by atoms with E-state index in [1.165, 1.54) is 28.7 Å². The Kier molecular flexibility index (Phi) is 10.7. The summed E-state index contributed by atoms with van der Waals surface area (Å²) in [6, 6.07) is 1.87. The number of nitrogens with one attached hydrogen (secondary N) is 2. The van der Waals surface area contributed by atoms with Gasteiger partial charge in [0.2, 0.25) is 5.91 Å². The van der Waals surface area contributed by atoms with Crippen molar-refractivity contribution < 1.29 is 38.4 Å². The monoisotopic (exact) mass is 677 g/mol. The van der Waals surface area contributed by atoms with Crippen molar-refractivity contribution in [3.05, 3.63) is 53.9 Å². The smallest absolute Gasteiger partial charge is 0.240 e. The number of aromatic nitrogens is 3. The molecule has 1 aromatic heterocycles. The molecule has 3 fully saturated rings. The molecule has 1 amide bonds. The van der Waals surface area contributed by atoms with Crippen LogP contribution in [0, 0.1) is 35.3 Å². The summed E-state index contributed by atoms with van der Waals surface area (Å²) in [5.74, 6) is -0.719. The molecule has 258 valence electrons. The highest BCUT2D eigenvalue weighted by Crippen LogP contribution is 2.42. The Balaban J connectivity index is 1.20. The SMILES string of the molecule is CC(C)C[C@@H]1CCO[C@@H]2[C@H](CN[C@@H]2C(=O)N[C@H]2[C@H]3O[C@H](S[C@H](c4cn(-c5ccc(F)cc5F)nn4)C/C=C\[C@H]2C)[C@H](O)[C@@H](O)[C@H]3O)C1. The second kappa shape index (κ2) is 14.6. The van der Waals surface area contributed by atoms with E-state index in [-0.39, 0.29) is 29.5 Å². The van der Waals surface area contributed by atoms with Crippen LogP contribution in [0.2, 0.25) is 0 Å². The predicted octanol–water partition coefficient (Wildman–Crippen LogP) is 2.64. The topological polar surface area (TPSA) is 151 Å². The number of rotatable bonds is 6. The van der Waals surface area contributed by atoms with Gasteiger partial charge in [0, 0.05) is 19.2 Å². The van der Waals surface area contributed by atoms with Gasteiger partial charge >= 0.3 is 0 Å². The van der Waals surface area contributed by atoms with Gasteiger partial charge in [-0.3, -0.25) is 4.79 Å². The maximum atomic E-state index is 14.4. The summed E-state index contributed by atoms with van der Waals surface area (Å²) in [6.45, 7) is 7.64. The van der Waals surface area contributed by atoms with Crippen molar-refractivity contribution in [2.45, 2.75) is 99.7 Å². The van der Waals surface area contributed by atoms with Gasteiger partial charge in [-0.15, -0.1) is 16.9 Å². The molecule has 5 heterocycles. The standard InChI is InChI=1S/C33H45F2N5O6S/c1-16(2)11-18-9-10-45-30-19(12-18)14-36-26(30)32(44)37-25-17(3)5-4-6-24(47-33-29(43)27(41)28(42)31(25)46-33)22-15-40(39-38-22)23-8-7-20(34)13-21(23)35/h4-5,7-8,13,15-19,24-31,33,36,41-43H,6,9-12,14H2,1-3H3,(H,37,44)/b5-4-/t17-,18+,19+,24+,25-,26+,27+,28-,29-,30-,31-,33-/m1/s1. The molecule has 4 aliphatic heterocycles. The molecule has 1 aromatic carbocycles. The zero-order valence-corrected chi connectivity index (χ0v) is 27.6. The van der Waals surface area contributed by atoms with Crippen molar-refractivity contribution in [3.8, 4) is 5.69 Å². The van der Waals surface area contributed by atoms with Gasteiger partial charge < -0.3 is 35.4 Å². The molecule has 4 aliphatic rings. The zero-order valence-electron chi connectivity index (χ0n) is 26.8. The Bertz CT molecular complexity index is 1430. The third-order valence-corrected chi connectivity index (χ3v) is 11.3. The van der Waals surface area contributed by atoms with E-state index in [2.05, 4.69) is 34.8 Å². The van der Waals surface area contributed by atoms with Crippen molar-refractivity contribution in [3.63, 3.8) is 0 Å². The number of hydrogen-bond acceptors (Lipinski definition) is 10. The fourth-order valence-corrected chi connectivity index (χ4v) is 8.78. The number of aliphatic hydroxyl groups excluding tert-OH is 3. The minimum absolute atomic E-state index is 0.0259. The molecule has 12 atom stereocenters. The second-order valence-corrected chi connectivity index (χ2v) is 15.1. The molecule has 47 heavy (non-hydrogen) atoms. The van der Waals surface area contributed by atoms with Crippen LogP contribution in [0.1, 0.15) is 57.4 Å². The van der Waals surface area contributed by atoms with Gasteiger partial charge in [0.15, 0.2) is 5.82 Å². The average Bonchev–Trinajstić information content (AvgIpc) is 3.62. The third kappa shape index (κ3) is 7.43. The van der Waals surface area contributed by atoms with E-state index in [1.54, 1.807) is 0 Å². The molecule has 3 saturated heterocycles. The molecule has 0 radical (unpaired) electrons. The fourth-order valence-electron chi connectivity index (χ4n) is 7.48. The van der Waals surface area contributed by atoms with Gasteiger partial charge in [-0.25, -0.2) is 13.5 Å². The molecular weight excluding hydrogens is 632 g/mol. The predicted molar refractivity (Wildman–Crippen MR) is 170 cm³/mol. The minimum atomic E-state index is -1.54. The van der Waals surface area contributed by atoms with E-state index < -0.39 is 58.8 Å². The third-order valence-electron chi connectivity index (χ3n) is 9.87. The van der Waals surface area contributed by atoms with Crippen LogP contribution in [0.25, 0.3) is 5.69 Å². The lowest BCUT2D eigenvalue weighted by Gasteiger charge is -2.45. The summed E-state index contributed by atoms with van der Waals surface area (Å²) in [5, 5.41) is 47.4. The number of nitrogens with zero attached hydrogens (tertiary/aromatic N) is 3. The first-order chi connectivity index (χ1) is 22.5. The van der Waals surface area contributed by atoms with Crippen molar-refractivity contribution in [1.29, 1.82) is 0 Å². The molecule has 0 spiro atoms. The highest BCUT2D eigenvalue weighted by molar-refractivity contribution is 8.00. The molecule has 0 aliphatic carbocycles. The number of allylic oxidation sites excluding steroid dienone is 1. The molecule has 0 unspecified atom stereocenters. The van der Waals surface area contributed by atoms with Crippen molar-refractivity contribution in [2.24, 2.45) is 23.7 Å². The van der Waals surface area contributed by atoms with Crippen LogP contribution in [-0.4, -0.2) is 97.4 Å². The Hall–Kier alpha value is -2.46. The number of hydrogen-bond donors (Lipinski definition) is 5. The van der Waals surface area contributed by atoms with E-state index >= 15 is 0 Å². The molecule has 2 bridgehead atoms. The lowest BCUT2D eigenvalue weighted by molar-refractivity contribution is -0.207. The van der Waals surface area contributed by atoms with Crippen LogP contribution in [0.3, 0.4) is 0 Å². The van der Waals surface area contributed by atoms with Crippen molar-refractivity contribution in [1.82, 2.24) is 25.6 Å². The first-order valence-corrected chi connectivity index (χ1v) is 17.5.